The first-order chi connectivity index (χ1) is 18.2. The lowest BCUT2D eigenvalue weighted by atomic mass is 9.77. The standard InChI is InChI=1S/C30H32N2O4S2/c1-6-7-16-37-28(34)38-19(2)27(33)35-21-14-12-20-13-15-25-26(22(20)17-21)31-18-30(36-25)29(3,4)23-10-8-9-11-24(23)32(30)5/h8-15,17-19H,6-7,16H2,1-5H3. The lowest BCUT2D eigenvalue weighted by molar-refractivity contribution is -0.133. The summed E-state index contributed by atoms with van der Waals surface area (Å²) < 4.78 is 12.4. The predicted molar refractivity (Wildman–Crippen MR) is 159 cm³/mol. The highest BCUT2D eigenvalue weighted by atomic mass is 32.2. The largest absolute Gasteiger partial charge is 0.459 e. The van der Waals surface area contributed by atoms with E-state index in [9.17, 15) is 9.59 Å². The van der Waals surface area contributed by atoms with Crippen molar-refractivity contribution in [3.8, 4) is 11.5 Å². The fraction of sp³-hybridized carbons (Fsp3) is 0.367. The first-order valence-electron chi connectivity index (χ1n) is 12.9. The van der Waals surface area contributed by atoms with Gasteiger partial charge < -0.3 is 14.4 Å². The SMILES string of the molecule is CCCCSC(=O)SC(C)C(=O)Oc1ccc2ccc3c(c2c1)N=CC1(O3)N(C)c2ccccc2C1(C)C. The van der Waals surface area contributed by atoms with Crippen molar-refractivity contribution in [3.05, 3.63) is 60.2 Å². The number of carbonyl (C=O) groups is 2. The Labute approximate surface area is 232 Å². The van der Waals surface area contributed by atoms with Crippen molar-refractivity contribution in [2.75, 3.05) is 17.7 Å². The normalized spacial score (nSPS) is 19.7. The Bertz CT molecular complexity index is 1440. The molecule has 1 spiro atoms. The number of ether oxygens (including phenoxy) is 2. The maximum absolute atomic E-state index is 12.7. The number of thioether (sulfide) groups is 2. The van der Waals surface area contributed by atoms with E-state index >= 15 is 0 Å². The number of anilines is 1. The van der Waals surface area contributed by atoms with Crippen LogP contribution in [-0.4, -0.2) is 40.4 Å². The molecule has 6 nitrogen and oxygen atoms in total. The molecule has 3 aromatic carbocycles. The van der Waals surface area contributed by atoms with Crippen LogP contribution in [0.2, 0.25) is 0 Å². The summed E-state index contributed by atoms with van der Waals surface area (Å²) in [6, 6.07) is 17.8. The molecule has 3 aromatic rings. The third-order valence-electron chi connectivity index (χ3n) is 7.44. The van der Waals surface area contributed by atoms with Gasteiger partial charge in [-0.2, -0.15) is 0 Å². The summed E-state index contributed by atoms with van der Waals surface area (Å²) in [4.78, 5) is 32.0. The molecule has 0 fully saturated rings. The van der Waals surface area contributed by atoms with E-state index in [2.05, 4.69) is 43.9 Å². The Morgan fingerprint density at radius 2 is 1.89 bits per heavy atom. The molecule has 0 saturated heterocycles. The Kier molecular flexibility index (Phi) is 7.22. The Morgan fingerprint density at radius 3 is 2.66 bits per heavy atom. The number of hydrogen-bond acceptors (Lipinski definition) is 8. The van der Waals surface area contributed by atoms with Gasteiger partial charge in [0.2, 0.25) is 10.2 Å². The second-order valence-corrected chi connectivity index (χ2v) is 12.8. The summed E-state index contributed by atoms with van der Waals surface area (Å²) in [6.45, 7) is 8.14. The van der Waals surface area contributed by atoms with Crippen LogP contribution in [0.4, 0.5) is 16.2 Å². The van der Waals surface area contributed by atoms with E-state index < -0.39 is 16.9 Å². The first-order valence-corrected chi connectivity index (χ1v) is 14.7. The molecule has 2 aliphatic rings. The molecule has 0 N–H and O–H groups in total. The number of unbranched alkanes of at least 4 members (excludes halogenated alkanes) is 1. The smallest absolute Gasteiger partial charge is 0.324 e. The minimum Gasteiger partial charge on any atom is -0.459 e. The summed E-state index contributed by atoms with van der Waals surface area (Å²) in [5.41, 5.74) is 1.93. The molecule has 2 unspecified atom stereocenters. The second-order valence-electron chi connectivity index (χ2n) is 10.2. The molecule has 2 heterocycles. The number of esters is 1. The van der Waals surface area contributed by atoms with Crippen LogP contribution < -0.4 is 14.4 Å². The highest BCUT2D eigenvalue weighted by Gasteiger charge is 2.58. The second kappa shape index (κ2) is 10.3. The fourth-order valence-corrected chi connectivity index (χ4v) is 7.13. The van der Waals surface area contributed by atoms with Gasteiger partial charge in [0, 0.05) is 23.9 Å². The first kappa shape index (κ1) is 26.6. The van der Waals surface area contributed by atoms with E-state index in [1.807, 2.05) is 43.6 Å². The van der Waals surface area contributed by atoms with Gasteiger partial charge >= 0.3 is 5.97 Å². The minimum absolute atomic E-state index is 0.0575. The van der Waals surface area contributed by atoms with Crippen LogP contribution in [-0.2, 0) is 10.2 Å². The van der Waals surface area contributed by atoms with Crippen LogP contribution in [0, 0.1) is 0 Å². The van der Waals surface area contributed by atoms with Crippen molar-refractivity contribution in [1.82, 2.24) is 0 Å². The molecule has 0 aliphatic carbocycles. The summed E-state index contributed by atoms with van der Waals surface area (Å²) in [5, 5.41) is 1.20. The van der Waals surface area contributed by atoms with Crippen molar-refractivity contribution < 1.29 is 19.1 Å². The van der Waals surface area contributed by atoms with E-state index in [4.69, 9.17) is 14.5 Å². The molecule has 0 saturated carbocycles. The molecule has 0 amide bonds. The highest BCUT2D eigenvalue weighted by molar-refractivity contribution is 8.38. The summed E-state index contributed by atoms with van der Waals surface area (Å²) in [5.74, 6) is 1.41. The number of aliphatic imine (C=N–C) groups is 1. The molecule has 198 valence electrons. The third kappa shape index (κ3) is 4.47. The molecule has 0 bridgehead atoms. The minimum atomic E-state index is -0.768. The van der Waals surface area contributed by atoms with Crippen molar-refractivity contribution in [2.45, 2.75) is 56.9 Å². The molecule has 38 heavy (non-hydrogen) atoms. The van der Waals surface area contributed by atoms with Gasteiger partial charge in [-0.05, 0) is 62.4 Å². The van der Waals surface area contributed by atoms with Crippen molar-refractivity contribution >= 4 is 62.3 Å². The number of benzene rings is 3. The summed E-state index contributed by atoms with van der Waals surface area (Å²) in [6.07, 6.45) is 3.91. The maximum Gasteiger partial charge on any atom is 0.324 e. The number of fused-ring (bicyclic) bond motifs is 4. The molecular weight excluding hydrogens is 516 g/mol. The van der Waals surface area contributed by atoms with Gasteiger partial charge in [0.25, 0.3) is 0 Å². The van der Waals surface area contributed by atoms with Crippen LogP contribution in [0.15, 0.2) is 59.6 Å². The molecular formula is C30H32N2O4S2. The van der Waals surface area contributed by atoms with E-state index in [0.29, 0.717) is 17.2 Å². The summed E-state index contributed by atoms with van der Waals surface area (Å²) >= 11 is 2.27. The topological polar surface area (TPSA) is 68.2 Å². The number of nitrogens with zero attached hydrogens (tertiary/aromatic N) is 2. The van der Waals surface area contributed by atoms with Crippen LogP contribution in [0.1, 0.15) is 46.1 Å². The number of para-hydroxylation sites is 1. The van der Waals surface area contributed by atoms with Crippen molar-refractivity contribution in [2.24, 2.45) is 4.99 Å². The van der Waals surface area contributed by atoms with Crippen LogP contribution in [0.25, 0.3) is 10.8 Å². The Balaban J connectivity index is 1.39. The molecule has 8 heteroatoms. The van der Waals surface area contributed by atoms with E-state index in [-0.39, 0.29) is 9.86 Å². The van der Waals surface area contributed by atoms with Gasteiger partial charge in [-0.3, -0.25) is 14.6 Å². The Hall–Kier alpha value is -2.97. The van der Waals surface area contributed by atoms with E-state index in [1.54, 1.807) is 13.0 Å². The Morgan fingerprint density at radius 1 is 1.13 bits per heavy atom. The third-order valence-corrected chi connectivity index (χ3v) is 9.54. The highest BCUT2D eigenvalue weighted by Crippen LogP contribution is 2.54. The van der Waals surface area contributed by atoms with Crippen molar-refractivity contribution in [1.29, 1.82) is 0 Å². The van der Waals surface area contributed by atoms with Crippen molar-refractivity contribution in [3.63, 3.8) is 0 Å². The zero-order valence-electron chi connectivity index (χ0n) is 22.3. The number of hydrogen-bond donors (Lipinski definition) is 0. The molecule has 5 rings (SSSR count). The lowest BCUT2D eigenvalue weighted by Gasteiger charge is -2.45. The maximum atomic E-state index is 12.7. The number of likely N-dealkylation sites (N-methyl/N-ethyl adjacent to an activating group) is 1. The molecule has 0 radical (unpaired) electrons. The molecule has 2 aliphatic heterocycles. The summed E-state index contributed by atoms with van der Waals surface area (Å²) in [7, 11) is 2.04. The monoisotopic (exact) mass is 548 g/mol. The number of rotatable bonds is 6. The lowest BCUT2D eigenvalue weighted by Crippen LogP contribution is -2.61. The van der Waals surface area contributed by atoms with Gasteiger partial charge in [-0.25, -0.2) is 0 Å². The van der Waals surface area contributed by atoms with Gasteiger partial charge in [0.1, 0.15) is 22.4 Å². The average Bonchev–Trinajstić information content (AvgIpc) is 3.06. The number of carbonyl (C=O) groups excluding carboxylic acids is 2. The van der Waals surface area contributed by atoms with Gasteiger partial charge in [-0.15, -0.1) is 0 Å². The zero-order valence-corrected chi connectivity index (χ0v) is 23.9. The molecule has 0 aromatic heterocycles. The predicted octanol–water partition coefficient (Wildman–Crippen LogP) is 7.74. The van der Waals surface area contributed by atoms with Crippen LogP contribution in [0.3, 0.4) is 0 Å². The van der Waals surface area contributed by atoms with Gasteiger partial charge in [0.15, 0.2) is 0 Å². The van der Waals surface area contributed by atoms with Gasteiger partial charge in [0.05, 0.1) is 11.6 Å². The van der Waals surface area contributed by atoms with E-state index in [0.717, 1.165) is 46.8 Å². The molecule has 2 atom stereocenters. The quantitative estimate of drug-likeness (QED) is 0.177. The van der Waals surface area contributed by atoms with Gasteiger partial charge in [-0.1, -0.05) is 67.2 Å². The van der Waals surface area contributed by atoms with Crippen LogP contribution >= 0.6 is 23.5 Å². The van der Waals surface area contributed by atoms with Crippen LogP contribution in [0.5, 0.6) is 11.5 Å². The average molecular weight is 549 g/mol. The fourth-order valence-electron chi connectivity index (χ4n) is 5.14. The van der Waals surface area contributed by atoms with E-state index in [1.165, 1.54) is 17.3 Å². The zero-order chi connectivity index (χ0) is 27.1.